The zero-order chi connectivity index (χ0) is 21.5. The molecular formula is C24H30IN5O2. The van der Waals surface area contributed by atoms with Crippen molar-refractivity contribution < 1.29 is 9.47 Å². The number of rotatable bonds is 6. The zero-order valence-corrected chi connectivity index (χ0v) is 20.8. The van der Waals surface area contributed by atoms with Gasteiger partial charge in [0, 0.05) is 43.7 Å². The third-order valence-electron chi connectivity index (χ3n) is 5.04. The van der Waals surface area contributed by atoms with Crippen molar-refractivity contribution in [3.8, 4) is 11.5 Å². The molecule has 2 aromatic carbocycles. The summed E-state index contributed by atoms with van der Waals surface area (Å²) in [5, 5.41) is 6.68. The maximum Gasteiger partial charge on any atom is 0.196 e. The standard InChI is InChI=1S/C24H29N5O2.HI/c1-3-25-24(28-21-8-9-22-23(15-21)31-13-5-12-30-22)27-16-19-6-4-7-20(14-19)17-29-11-10-26-18(29)2;/h4,6-11,14-15H,3,5,12-13,16-17H2,1-2H3,(H2,25,27,28);1H. The Hall–Kier alpha value is -2.75. The van der Waals surface area contributed by atoms with E-state index in [0.29, 0.717) is 19.8 Å². The highest BCUT2D eigenvalue weighted by molar-refractivity contribution is 14.0. The van der Waals surface area contributed by atoms with E-state index in [9.17, 15) is 0 Å². The van der Waals surface area contributed by atoms with Gasteiger partial charge in [0.25, 0.3) is 0 Å². The molecule has 1 aliphatic rings. The monoisotopic (exact) mass is 547 g/mol. The third kappa shape index (κ3) is 6.38. The van der Waals surface area contributed by atoms with Crippen LogP contribution in [0.25, 0.3) is 0 Å². The highest BCUT2D eigenvalue weighted by Gasteiger charge is 2.11. The Bertz CT molecular complexity index is 1050. The lowest BCUT2D eigenvalue weighted by Gasteiger charge is -2.14. The number of halogens is 1. The molecular weight excluding hydrogens is 517 g/mol. The predicted molar refractivity (Wildman–Crippen MR) is 138 cm³/mol. The van der Waals surface area contributed by atoms with Crippen LogP contribution in [-0.4, -0.2) is 35.3 Å². The number of fused-ring (bicyclic) bond motifs is 1. The molecule has 0 fully saturated rings. The van der Waals surface area contributed by atoms with Gasteiger partial charge in [-0.2, -0.15) is 0 Å². The largest absolute Gasteiger partial charge is 0.490 e. The van der Waals surface area contributed by atoms with Gasteiger partial charge in [-0.15, -0.1) is 24.0 Å². The number of nitrogens with zero attached hydrogens (tertiary/aromatic N) is 3. The van der Waals surface area contributed by atoms with Gasteiger partial charge in [-0.05, 0) is 37.1 Å². The first-order valence-corrected chi connectivity index (χ1v) is 10.7. The van der Waals surface area contributed by atoms with Gasteiger partial charge in [-0.3, -0.25) is 0 Å². The van der Waals surface area contributed by atoms with Gasteiger partial charge in [0.15, 0.2) is 17.5 Å². The van der Waals surface area contributed by atoms with Crippen molar-refractivity contribution in [1.29, 1.82) is 0 Å². The number of aliphatic imine (C=N–C) groups is 1. The Labute approximate surface area is 206 Å². The van der Waals surface area contributed by atoms with E-state index < -0.39 is 0 Å². The lowest BCUT2D eigenvalue weighted by atomic mass is 10.1. The van der Waals surface area contributed by atoms with E-state index in [1.807, 2.05) is 37.5 Å². The molecule has 7 nitrogen and oxygen atoms in total. The summed E-state index contributed by atoms with van der Waals surface area (Å²) in [4.78, 5) is 9.06. The van der Waals surface area contributed by atoms with E-state index in [-0.39, 0.29) is 24.0 Å². The fourth-order valence-corrected chi connectivity index (χ4v) is 3.45. The lowest BCUT2D eigenvalue weighted by molar-refractivity contribution is 0.297. The molecule has 170 valence electrons. The van der Waals surface area contributed by atoms with Crippen molar-refractivity contribution in [3.05, 3.63) is 71.8 Å². The van der Waals surface area contributed by atoms with Crippen molar-refractivity contribution in [2.75, 3.05) is 25.1 Å². The summed E-state index contributed by atoms with van der Waals surface area (Å²) in [5.41, 5.74) is 3.30. The Morgan fingerprint density at radius 3 is 2.69 bits per heavy atom. The van der Waals surface area contributed by atoms with Crippen LogP contribution in [0, 0.1) is 6.92 Å². The van der Waals surface area contributed by atoms with Gasteiger partial charge in [0.2, 0.25) is 0 Å². The minimum Gasteiger partial charge on any atom is -0.490 e. The molecule has 1 aliphatic heterocycles. The SMILES string of the molecule is CCNC(=NCc1cccc(Cn2ccnc2C)c1)Nc1ccc2c(c1)OCCCO2.I. The number of aryl methyl sites for hydroxylation is 1. The molecule has 3 aromatic rings. The average Bonchev–Trinajstić information content (AvgIpc) is 3.03. The highest BCUT2D eigenvalue weighted by Crippen LogP contribution is 2.32. The molecule has 1 aromatic heterocycles. The maximum absolute atomic E-state index is 5.79. The number of hydrogen-bond acceptors (Lipinski definition) is 4. The fraction of sp³-hybridized carbons (Fsp3) is 0.333. The smallest absolute Gasteiger partial charge is 0.196 e. The Morgan fingerprint density at radius 1 is 1.09 bits per heavy atom. The number of benzene rings is 2. The fourth-order valence-electron chi connectivity index (χ4n) is 3.45. The van der Waals surface area contributed by atoms with Crippen LogP contribution < -0.4 is 20.1 Å². The van der Waals surface area contributed by atoms with Gasteiger partial charge >= 0.3 is 0 Å². The second-order valence-corrected chi connectivity index (χ2v) is 7.45. The molecule has 0 aliphatic carbocycles. The molecule has 0 amide bonds. The van der Waals surface area contributed by atoms with Crippen LogP contribution in [0.1, 0.15) is 30.3 Å². The van der Waals surface area contributed by atoms with Gasteiger partial charge in [0.1, 0.15) is 5.82 Å². The molecule has 0 radical (unpaired) electrons. The van der Waals surface area contributed by atoms with E-state index in [1.54, 1.807) is 0 Å². The minimum atomic E-state index is 0. The molecule has 4 rings (SSSR count). The summed E-state index contributed by atoms with van der Waals surface area (Å²) in [6.45, 7) is 7.58. The summed E-state index contributed by atoms with van der Waals surface area (Å²) in [7, 11) is 0. The van der Waals surface area contributed by atoms with Crippen LogP contribution in [0.15, 0.2) is 59.9 Å². The molecule has 0 bridgehead atoms. The molecule has 2 heterocycles. The molecule has 0 unspecified atom stereocenters. The van der Waals surface area contributed by atoms with Gasteiger partial charge in [-0.25, -0.2) is 9.98 Å². The number of hydrogen-bond donors (Lipinski definition) is 2. The van der Waals surface area contributed by atoms with Crippen LogP contribution in [0.4, 0.5) is 5.69 Å². The first-order chi connectivity index (χ1) is 15.2. The summed E-state index contributed by atoms with van der Waals surface area (Å²) in [5.74, 6) is 3.29. The Balaban J connectivity index is 0.00000289. The van der Waals surface area contributed by atoms with Crippen molar-refractivity contribution in [2.45, 2.75) is 33.4 Å². The maximum atomic E-state index is 5.79. The lowest BCUT2D eigenvalue weighted by Crippen LogP contribution is -2.30. The molecule has 0 saturated heterocycles. The number of anilines is 1. The van der Waals surface area contributed by atoms with Crippen molar-refractivity contribution in [2.24, 2.45) is 4.99 Å². The predicted octanol–water partition coefficient (Wildman–Crippen LogP) is 4.60. The zero-order valence-electron chi connectivity index (χ0n) is 18.5. The van der Waals surface area contributed by atoms with E-state index in [4.69, 9.17) is 14.5 Å². The number of aromatic nitrogens is 2. The molecule has 8 heteroatoms. The van der Waals surface area contributed by atoms with Gasteiger partial charge in [0.05, 0.1) is 19.8 Å². The van der Waals surface area contributed by atoms with Gasteiger partial charge in [-0.1, -0.05) is 24.3 Å². The van der Waals surface area contributed by atoms with Gasteiger partial charge < -0.3 is 24.7 Å². The summed E-state index contributed by atoms with van der Waals surface area (Å²) < 4.78 is 13.6. The van der Waals surface area contributed by atoms with Crippen LogP contribution in [-0.2, 0) is 13.1 Å². The van der Waals surface area contributed by atoms with Crippen LogP contribution >= 0.6 is 24.0 Å². The van der Waals surface area contributed by atoms with E-state index in [0.717, 1.165) is 54.0 Å². The molecule has 0 spiro atoms. The highest BCUT2D eigenvalue weighted by atomic mass is 127. The second kappa shape index (κ2) is 11.8. The molecule has 0 atom stereocenters. The first kappa shape index (κ1) is 23.9. The number of guanidine groups is 1. The van der Waals surface area contributed by atoms with E-state index >= 15 is 0 Å². The molecule has 0 saturated carbocycles. The summed E-state index contributed by atoms with van der Waals surface area (Å²) in [6, 6.07) is 14.4. The van der Waals surface area contributed by atoms with Crippen molar-refractivity contribution >= 4 is 35.6 Å². The third-order valence-corrected chi connectivity index (χ3v) is 5.04. The molecule has 32 heavy (non-hydrogen) atoms. The Kier molecular flexibility index (Phi) is 8.78. The second-order valence-electron chi connectivity index (χ2n) is 7.45. The molecule has 2 N–H and O–H groups in total. The number of imidazole rings is 1. The topological polar surface area (TPSA) is 72.7 Å². The van der Waals surface area contributed by atoms with Crippen molar-refractivity contribution in [3.63, 3.8) is 0 Å². The first-order valence-electron chi connectivity index (χ1n) is 10.7. The summed E-state index contributed by atoms with van der Waals surface area (Å²) >= 11 is 0. The number of ether oxygens (including phenoxy) is 2. The average molecular weight is 547 g/mol. The van der Waals surface area contributed by atoms with E-state index in [1.165, 1.54) is 5.56 Å². The van der Waals surface area contributed by atoms with E-state index in [2.05, 4.69) is 51.4 Å². The minimum absolute atomic E-state index is 0. The Morgan fingerprint density at radius 2 is 1.91 bits per heavy atom. The van der Waals surface area contributed by atoms with Crippen LogP contribution in [0.5, 0.6) is 11.5 Å². The van der Waals surface area contributed by atoms with Crippen molar-refractivity contribution in [1.82, 2.24) is 14.9 Å². The summed E-state index contributed by atoms with van der Waals surface area (Å²) in [6.07, 6.45) is 4.72. The van der Waals surface area contributed by atoms with Crippen LogP contribution in [0.2, 0.25) is 0 Å². The van der Waals surface area contributed by atoms with Crippen LogP contribution in [0.3, 0.4) is 0 Å². The quantitative estimate of drug-likeness (QED) is 0.268. The number of nitrogens with one attached hydrogen (secondary N) is 2. The normalized spacial score (nSPS) is 13.1.